The van der Waals surface area contributed by atoms with Gasteiger partial charge in [0.2, 0.25) is 6.41 Å². The van der Waals surface area contributed by atoms with Gasteiger partial charge in [-0.15, -0.1) is 0 Å². The number of aliphatic hydroxyl groups excluding tert-OH is 2. The molecule has 0 aromatic heterocycles. The van der Waals surface area contributed by atoms with Crippen molar-refractivity contribution in [3.05, 3.63) is 0 Å². The van der Waals surface area contributed by atoms with Crippen LogP contribution in [-0.4, -0.2) is 41.2 Å². The van der Waals surface area contributed by atoms with E-state index in [0.29, 0.717) is 12.8 Å². The molecule has 12 heavy (non-hydrogen) atoms. The molecule has 1 rings (SSSR count). The Bertz CT molecular complexity index is 163. The highest BCUT2D eigenvalue weighted by molar-refractivity contribution is 5.46. The summed E-state index contributed by atoms with van der Waals surface area (Å²) in [6.07, 6.45) is -1.37. The largest absolute Gasteiger partial charge is 0.386 e. The summed E-state index contributed by atoms with van der Waals surface area (Å²) in [5.74, 6) is 0. The van der Waals surface area contributed by atoms with Crippen LogP contribution in [0.5, 0.6) is 0 Å². The molecule has 1 heterocycles. The lowest BCUT2D eigenvalue weighted by atomic mass is 10.0. The Balaban J connectivity index is 2.53. The highest BCUT2D eigenvalue weighted by Crippen LogP contribution is 2.17. The molecule has 1 amide bonds. The van der Waals surface area contributed by atoms with E-state index in [-0.39, 0.29) is 6.10 Å². The summed E-state index contributed by atoms with van der Waals surface area (Å²) < 4.78 is 4.92. The summed E-state index contributed by atoms with van der Waals surface area (Å²) >= 11 is 0. The fourth-order valence-corrected chi connectivity index (χ4v) is 1.32. The molecule has 0 aromatic carbocycles. The molecule has 70 valence electrons. The monoisotopic (exact) mass is 175 g/mol. The van der Waals surface area contributed by atoms with Crippen LogP contribution < -0.4 is 5.32 Å². The van der Waals surface area contributed by atoms with Crippen LogP contribution in [0.15, 0.2) is 0 Å². The first-order chi connectivity index (χ1) is 5.65. The average Bonchev–Trinajstić information content (AvgIpc) is 2.00. The lowest BCUT2D eigenvalue weighted by Crippen LogP contribution is -2.53. The highest BCUT2D eigenvalue weighted by atomic mass is 16.6. The molecule has 1 aliphatic rings. The summed E-state index contributed by atoms with van der Waals surface area (Å²) in [6, 6.07) is -0.416. The van der Waals surface area contributed by atoms with E-state index in [1.807, 2.05) is 0 Å². The topological polar surface area (TPSA) is 78.8 Å². The van der Waals surface area contributed by atoms with E-state index < -0.39 is 18.4 Å². The van der Waals surface area contributed by atoms with Crippen molar-refractivity contribution < 1.29 is 19.7 Å². The second kappa shape index (κ2) is 3.84. The molecular weight excluding hydrogens is 162 g/mol. The first kappa shape index (κ1) is 9.44. The normalized spacial score (nSPS) is 42.2. The maximum atomic E-state index is 10.1. The van der Waals surface area contributed by atoms with Gasteiger partial charge in [-0.3, -0.25) is 4.79 Å². The number of amides is 1. The molecule has 4 atom stereocenters. The van der Waals surface area contributed by atoms with Crippen LogP contribution in [0.2, 0.25) is 0 Å². The Morgan fingerprint density at radius 3 is 2.83 bits per heavy atom. The lowest BCUT2D eigenvalue weighted by molar-refractivity contribution is -0.219. The smallest absolute Gasteiger partial charge is 0.207 e. The number of hydrogen-bond acceptors (Lipinski definition) is 4. The van der Waals surface area contributed by atoms with Crippen LogP contribution in [0.4, 0.5) is 0 Å². The third kappa shape index (κ3) is 1.94. The van der Waals surface area contributed by atoms with Gasteiger partial charge in [-0.1, -0.05) is 0 Å². The van der Waals surface area contributed by atoms with E-state index >= 15 is 0 Å². The quantitative estimate of drug-likeness (QED) is 0.450. The molecule has 0 spiro atoms. The van der Waals surface area contributed by atoms with Crippen molar-refractivity contribution in [1.29, 1.82) is 0 Å². The summed E-state index contributed by atoms with van der Waals surface area (Å²) in [6.45, 7) is 1.77. The van der Waals surface area contributed by atoms with Gasteiger partial charge in [-0.2, -0.15) is 0 Å². The van der Waals surface area contributed by atoms with Gasteiger partial charge in [-0.05, 0) is 13.3 Å². The Morgan fingerprint density at radius 2 is 2.25 bits per heavy atom. The second-order valence-corrected chi connectivity index (χ2v) is 2.95. The van der Waals surface area contributed by atoms with E-state index in [2.05, 4.69) is 5.32 Å². The molecule has 1 aliphatic heterocycles. The molecule has 0 bridgehead atoms. The molecular formula is C7H13NO4. The van der Waals surface area contributed by atoms with Gasteiger partial charge in [0.25, 0.3) is 0 Å². The first-order valence-corrected chi connectivity index (χ1v) is 3.86. The Morgan fingerprint density at radius 1 is 1.58 bits per heavy atom. The zero-order chi connectivity index (χ0) is 9.14. The lowest BCUT2D eigenvalue weighted by Gasteiger charge is -2.35. The van der Waals surface area contributed by atoms with Crippen LogP contribution in [0.1, 0.15) is 13.3 Å². The SMILES string of the molecule is CC1CC(NC=O)C(O)C(O)O1. The van der Waals surface area contributed by atoms with Crippen LogP contribution in [-0.2, 0) is 9.53 Å². The molecule has 3 N–H and O–H groups in total. The standard InChI is InChI=1S/C7H13NO4/c1-4-2-5(8-3-9)6(10)7(11)12-4/h3-7,10-11H,2H2,1H3,(H,8,9). The van der Waals surface area contributed by atoms with E-state index in [9.17, 15) is 9.90 Å². The van der Waals surface area contributed by atoms with Crippen molar-refractivity contribution in [2.24, 2.45) is 0 Å². The fraction of sp³-hybridized carbons (Fsp3) is 0.857. The average molecular weight is 175 g/mol. The predicted molar refractivity (Wildman–Crippen MR) is 40.2 cm³/mol. The highest BCUT2D eigenvalue weighted by Gasteiger charge is 2.34. The number of carbonyl (C=O) groups is 1. The molecule has 0 aliphatic carbocycles. The number of ether oxygens (including phenoxy) is 1. The van der Waals surface area contributed by atoms with Crippen molar-refractivity contribution in [1.82, 2.24) is 5.32 Å². The summed E-state index contributed by atoms with van der Waals surface area (Å²) in [5, 5.41) is 20.8. The zero-order valence-corrected chi connectivity index (χ0v) is 6.80. The van der Waals surface area contributed by atoms with Crippen LogP contribution >= 0.6 is 0 Å². The summed E-state index contributed by atoms with van der Waals surface area (Å²) in [4.78, 5) is 10.1. The number of nitrogens with one attached hydrogen (secondary N) is 1. The maximum Gasteiger partial charge on any atom is 0.207 e. The Hall–Kier alpha value is -0.650. The molecule has 0 saturated carbocycles. The summed E-state index contributed by atoms with van der Waals surface area (Å²) in [7, 11) is 0. The number of aliphatic hydroxyl groups is 2. The van der Waals surface area contributed by atoms with E-state index in [0.717, 1.165) is 0 Å². The summed E-state index contributed by atoms with van der Waals surface area (Å²) in [5.41, 5.74) is 0. The molecule has 5 heteroatoms. The van der Waals surface area contributed by atoms with Crippen LogP contribution in [0.3, 0.4) is 0 Å². The first-order valence-electron chi connectivity index (χ1n) is 3.86. The predicted octanol–water partition coefficient (Wildman–Crippen LogP) is -1.41. The van der Waals surface area contributed by atoms with Gasteiger partial charge in [-0.25, -0.2) is 0 Å². The minimum absolute atomic E-state index is 0.152. The number of rotatable bonds is 2. The number of hydrogen-bond donors (Lipinski definition) is 3. The van der Waals surface area contributed by atoms with E-state index in [4.69, 9.17) is 9.84 Å². The Labute approximate surface area is 70.3 Å². The third-order valence-electron chi connectivity index (χ3n) is 1.94. The van der Waals surface area contributed by atoms with Gasteiger partial charge in [0.15, 0.2) is 6.29 Å². The van der Waals surface area contributed by atoms with Crippen molar-refractivity contribution in [2.45, 2.75) is 37.9 Å². The Kier molecular flexibility index (Phi) is 3.02. The third-order valence-corrected chi connectivity index (χ3v) is 1.94. The maximum absolute atomic E-state index is 10.1. The van der Waals surface area contributed by atoms with Crippen molar-refractivity contribution in [2.75, 3.05) is 0 Å². The van der Waals surface area contributed by atoms with Gasteiger partial charge < -0.3 is 20.3 Å². The van der Waals surface area contributed by atoms with Crippen molar-refractivity contribution in [3.63, 3.8) is 0 Å². The van der Waals surface area contributed by atoms with Crippen molar-refractivity contribution >= 4 is 6.41 Å². The van der Waals surface area contributed by atoms with Gasteiger partial charge >= 0.3 is 0 Å². The fourth-order valence-electron chi connectivity index (χ4n) is 1.32. The minimum Gasteiger partial charge on any atom is -0.386 e. The molecule has 1 fully saturated rings. The van der Waals surface area contributed by atoms with Gasteiger partial charge in [0.1, 0.15) is 6.10 Å². The molecule has 0 radical (unpaired) electrons. The number of carbonyl (C=O) groups excluding carboxylic acids is 1. The van der Waals surface area contributed by atoms with Gasteiger partial charge in [0, 0.05) is 0 Å². The minimum atomic E-state index is -1.20. The van der Waals surface area contributed by atoms with Crippen LogP contribution in [0, 0.1) is 0 Å². The second-order valence-electron chi connectivity index (χ2n) is 2.95. The van der Waals surface area contributed by atoms with E-state index in [1.165, 1.54) is 0 Å². The molecule has 4 unspecified atom stereocenters. The van der Waals surface area contributed by atoms with Gasteiger partial charge in [0.05, 0.1) is 12.1 Å². The molecule has 5 nitrogen and oxygen atoms in total. The molecule has 1 saturated heterocycles. The van der Waals surface area contributed by atoms with Crippen molar-refractivity contribution in [3.8, 4) is 0 Å². The van der Waals surface area contributed by atoms with E-state index in [1.54, 1.807) is 6.92 Å². The molecule has 0 aromatic rings. The zero-order valence-electron chi connectivity index (χ0n) is 6.80. The van der Waals surface area contributed by atoms with Crippen LogP contribution in [0.25, 0.3) is 0 Å².